The Morgan fingerprint density at radius 2 is 1.89 bits per heavy atom. The zero-order chi connectivity index (χ0) is 24.5. The summed E-state index contributed by atoms with van der Waals surface area (Å²) in [5.41, 5.74) is 1.28. The minimum Gasteiger partial charge on any atom is -0.497 e. The largest absolute Gasteiger partial charge is 0.497 e. The summed E-state index contributed by atoms with van der Waals surface area (Å²) in [5, 5.41) is 9.17. The Kier molecular flexibility index (Phi) is 5.87. The predicted octanol–water partition coefficient (Wildman–Crippen LogP) is 2.96. The first-order chi connectivity index (χ1) is 16.9. The molecule has 10 nitrogen and oxygen atoms in total. The van der Waals surface area contributed by atoms with Crippen LogP contribution in [-0.2, 0) is 4.74 Å². The molecule has 180 valence electrons. The number of halogens is 2. The Bertz CT molecular complexity index is 1400. The van der Waals surface area contributed by atoms with Crippen LogP contribution in [0.5, 0.6) is 5.75 Å². The fourth-order valence-corrected chi connectivity index (χ4v) is 3.84. The van der Waals surface area contributed by atoms with Gasteiger partial charge in [-0.05, 0) is 18.2 Å². The number of methoxy groups -OCH3 is 1. The highest BCUT2D eigenvalue weighted by Gasteiger charge is 2.23. The summed E-state index contributed by atoms with van der Waals surface area (Å²) < 4.78 is 38.7. The first-order valence-electron chi connectivity index (χ1n) is 10.7. The van der Waals surface area contributed by atoms with Crippen molar-refractivity contribution in [3.05, 3.63) is 59.3 Å². The molecule has 1 saturated heterocycles. The second-order valence-electron chi connectivity index (χ2n) is 7.79. The number of fused-ring (bicyclic) bond motifs is 1. The molecule has 2 aromatic carbocycles. The number of carbonyl (C=O) groups is 2. The number of ether oxygens (including phenoxy) is 2. The summed E-state index contributed by atoms with van der Waals surface area (Å²) in [5.74, 6) is -3.00. The van der Waals surface area contributed by atoms with Gasteiger partial charge in [-0.2, -0.15) is 5.10 Å². The van der Waals surface area contributed by atoms with Crippen molar-refractivity contribution in [3.63, 3.8) is 0 Å². The van der Waals surface area contributed by atoms with E-state index >= 15 is 0 Å². The van der Waals surface area contributed by atoms with E-state index in [0.29, 0.717) is 48.7 Å². The molecule has 1 fully saturated rings. The summed E-state index contributed by atoms with van der Waals surface area (Å²) in [4.78, 5) is 34.7. The van der Waals surface area contributed by atoms with Crippen LogP contribution in [0.2, 0.25) is 0 Å². The van der Waals surface area contributed by atoms with Crippen molar-refractivity contribution in [2.24, 2.45) is 0 Å². The van der Waals surface area contributed by atoms with Gasteiger partial charge in [0, 0.05) is 37.0 Å². The fourth-order valence-electron chi connectivity index (χ4n) is 3.84. The Morgan fingerprint density at radius 1 is 1.14 bits per heavy atom. The summed E-state index contributed by atoms with van der Waals surface area (Å²) in [6.07, 6.45) is 1.37. The monoisotopic (exact) mass is 482 g/mol. The molecule has 1 aliphatic heterocycles. The van der Waals surface area contributed by atoms with Crippen LogP contribution < -0.4 is 10.1 Å². The van der Waals surface area contributed by atoms with Gasteiger partial charge in [0.1, 0.15) is 22.9 Å². The van der Waals surface area contributed by atoms with Crippen LogP contribution in [-0.4, -0.2) is 70.3 Å². The number of amides is 2. The molecule has 0 aliphatic carbocycles. The number of H-pyrrole nitrogens is 2. The zero-order valence-electron chi connectivity index (χ0n) is 18.5. The van der Waals surface area contributed by atoms with Crippen molar-refractivity contribution in [2.75, 3.05) is 38.7 Å². The standard InChI is InChI=1S/C23H20F2N6O4/c1-34-13-9-14(24)19(15(25)10-13)22(32)29-18-11-26-30-20(18)21-27-16-3-2-12(8-17(16)28-21)23(33)31-4-6-35-7-5-31/h2-3,8-11H,4-7H2,1H3,(H,26,30)(H,27,28)(H,29,32). The van der Waals surface area contributed by atoms with Crippen LogP contribution in [0.4, 0.5) is 14.5 Å². The number of nitrogens with one attached hydrogen (secondary N) is 3. The number of benzene rings is 2. The number of hydrogen-bond acceptors (Lipinski definition) is 6. The number of hydrogen-bond donors (Lipinski definition) is 3. The third kappa shape index (κ3) is 4.30. The van der Waals surface area contributed by atoms with Crippen LogP contribution >= 0.6 is 0 Å². The van der Waals surface area contributed by atoms with Crippen LogP contribution in [0, 0.1) is 11.6 Å². The molecule has 2 amide bonds. The Labute approximate surface area is 197 Å². The van der Waals surface area contributed by atoms with Gasteiger partial charge in [-0.15, -0.1) is 0 Å². The lowest BCUT2D eigenvalue weighted by Crippen LogP contribution is -2.40. The molecule has 5 rings (SSSR count). The highest BCUT2D eigenvalue weighted by Crippen LogP contribution is 2.28. The van der Waals surface area contributed by atoms with Gasteiger partial charge in [0.05, 0.1) is 37.0 Å². The van der Waals surface area contributed by atoms with E-state index in [9.17, 15) is 18.4 Å². The maximum Gasteiger partial charge on any atom is 0.261 e. The summed E-state index contributed by atoms with van der Waals surface area (Å²) >= 11 is 0. The molecule has 0 bridgehead atoms. The van der Waals surface area contributed by atoms with Crippen molar-refractivity contribution < 1.29 is 27.8 Å². The number of rotatable bonds is 5. The number of aromatic nitrogens is 4. The topological polar surface area (TPSA) is 125 Å². The Balaban J connectivity index is 1.41. The first-order valence-corrected chi connectivity index (χ1v) is 10.7. The fraction of sp³-hybridized carbons (Fsp3) is 0.217. The smallest absolute Gasteiger partial charge is 0.261 e. The van der Waals surface area contributed by atoms with Gasteiger partial charge in [0.15, 0.2) is 11.5 Å². The maximum absolute atomic E-state index is 14.3. The number of morpholine rings is 1. The molecule has 0 unspecified atom stereocenters. The maximum atomic E-state index is 14.3. The van der Waals surface area contributed by atoms with Crippen molar-refractivity contribution in [3.8, 4) is 17.3 Å². The molecular weight excluding hydrogens is 462 g/mol. The lowest BCUT2D eigenvalue weighted by atomic mass is 10.1. The van der Waals surface area contributed by atoms with E-state index in [1.807, 2.05) is 0 Å². The molecular formula is C23H20F2N6O4. The van der Waals surface area contributed by atoms with E-state index in [0.717, 1.165) is 12.1 Å². The highest BCUT2D eigenvalue weighted by atomic mass is 19.1. The van der Waals surface area contributed by atoms with E-state index in [4.69, 9.17) is 9.47 Å². The molecule has 4 aromatic rings. The SMILES string of the molecule is COc1cc(F)c(C(=O)Nc2c[nH]nc2-c2nc3cc(C(=O)N4CCOCC4)ccc3[nH]2)c(F)c1. The van der Waals surface area contributed by atoms with Gasteiger partial charge >= 0.3 is 0 Å². The minimum atomic E-state index is -1.06. The van der Waals surface area contributed by atoms with Gasteiger partial charge in [0.2, 0.25) is 0 Å². The van der Waals surface area contributed by atoms with Gasteiger partial charge in [-0.3, -0.25) is 14.7 Å². The highest BCUT2D eigenvalue weighted by molar-refractivity contribution is 6.06. The Morgan fingerprint density at radius 3 is 2.60 bits per heavy atom. The predicted molar refractivity (Wildman–Crippen MR) is 121 cm³/mol. The molecule has 0 atom stereocenters. The van der Waals surface area contributed by atoms with Crippen molar-refractivity contribution in [1.29, 1.82) is 0 Å². The average molecular weight is 482 g/mol. The van der Waals surface area contributed by atoms with Crippen molar-refractivity contribution >= 4 is 28.5 Å². The third-order valence-corrected chi connectivity index (χ3v) is 5.62. The number of carbonyl (C=O) groups excluding carboxylic acids is 2. The molecule has 0 saturated carbocycles. The van der Waals surface area contributed by atoms with Gasteiger partial charge in [0.25, 0.3) is 11.8 Å². The van der Waals surface area contributed by atoms with Crippen molar-refractivity contribution in [2.45, 2.75) is 0 Å². The summed E-state index contributed by atoms with van der Waals surface area (Å²) in [6, 6.07) is 6.93. The summed E-state index contributed by atoms with van der Waals surface area (Å²) in [6.45, 7) is 2.04. The molecule has 12 heteroatoms. The van der Waals surface area contributed by atoms with Crippen LogP contribution in [0.1, 0.15) is 20.7 Å². The number of imidazole rings is 1. The van der Waals surface area contributed by atoms with Gasteiger partial charge in [-0.25, -0.2) is 13.8 Å². The van der Waals surface area contributed by atoms with Crippen LogP contribution in [0.3, 0.4) is 0 Å². The van der Waals surface area contributed by atoms with Crippen LogP contribution in [0.25, 0.3) is 22.6 Å². The molecule has 3 N–H and O–H groups in total. The van der Waals surface area contributed by atoms with E-state index in [-0.39, 0.29) is 23.0 Å². The zero-order valence-corrected chi connectivity index (χ0v) is 18.5. The van der Waals surface area contributed by atoms with Crippen LogP contribution in [0.15, 0.2) is 36.5 Å². The average Bonchev–Trinajstić information content (AvgIpc) is 3.49. The summed E-state index contributed by atoms with van der Waals surface area (Å²) in [7, 11) is 1.26. The van der Waals surface area contributed by atoms with Gasteiger partial charge in [-0.1, -0.05) is 0 Å². The van der Waals surface area contributed by atoms with E-state index in [1.165, 1.54) is 13.3 Å². The second kappa shape index (κ2) is 9.14. The molecule has 2 aromatic heterocycles. The number of anilines is 1. The first kappa shape index (κ1) is 22.5. The molecule has 0 spiro atoms. The third-order valence-electron chi connectivity index (χ3n) is 5.62. The van der Waals surface area contributed by atoms with Gasteiger partial charge < -0.3 is 24.7 Å². The lowest BCUT2D eigenvalue weighted by molar-refractivity contribution is 0.0303. The quantitative estimate of drug-likeness (QED) is 0.402. The molecule has 1 aliphatic rings. The lowest BCUT2D eigenvalue weighted by Gasteiger charge is -2.26. The second-order valence-corrected chi connectivity index (χ2v) is 7.79. The van der Waals surface area contributed by atoms with E-state index in [1.54, 1.807) is 23.1 Å². The molecule has 0 radical (unpaired) electrons. The minimum absolute atomic E-state index is 0.0469. The normalized spacial score (nSPS) is 13.7. The molecule has 35 heavy (non-hydrogen) atoms. The van der Waals surface area contributed by atoms with E-state index in [2.05, 4.69) is 25.5 Å². The van der Waals surface area contributed by atoms with Crippen molar-refractivity contribution in [1.82, 2.24) is 25.1 Å². The number of aromatic amines is 2. The number of nitrogens with zero attached hydrogens (tertiary/aromatic N) is 3. The van der Waals surface area contributed by atoms with E-state index < -0.39 is 23.1 Å². The molecule has 3 heterocycles. The Hall–Kier alpha value is -4.32.